The Kier molecular flexibility index (Phi) is 3.36. The summed E-state index contributed by atoms with van der Waals surface area (Å²) < 4.78 is 5.87. The fourth-order valence-corrected chi connectivity index (χ4v) is 3.65. The maximum absolute atomic E-state index is 11.2. The second-order valence-electron chi connectivity index (χ2n) is 4.24. The maximum Gasteiger partial charge on any atom is 0.243 e. The van der Waals surface area contributed by atoms with Crippen LogP contribution in [0.4, 0.5) is 0 Å². The summed E-state index contributed by atoms with van der Waals surface area (Å²) in [4.78, 5) is 11.2. The van der Waals surface area contributed by atoms with Crippen molar-refractivity contribution in [1.29, 1.82) is 0 Å². The van der Waals surface area contributed by atoms with Crippen molar-refractivity contribution in [1.82, 2.24) is 5.32 Å². The molecule has 0 aliphatic carbocycles. The van der Waals surface area contributed by atoms with E-state index in [4.69, 9.17) is 4.74 Å². The minimum absolute atomic E-state index is 0.0437. The van der Waals surface area contributed by atoms with Crippen LogP contribution in [0.1, 0.15) is 19.3 Å². The number of amides is 1. The summed E-state index contributed by atoms with van der Waals surface area (Å²) in [7, 11) is 0. The van der Waals surface area contributed by atoms with E-state index < -0.39 is 0 Å². The van der Waals surface area contributed by atoms with Gasteiger partial charge in [0.05, 0.1) is 5.60 Å². The lowest BCUT2D eigenvalue weighted by molar-refractivity contribution is -0.119. The van der Waals surface area contributed by atoms with Crippen molar-refractivity contribution < 1.29 is 9.53 Å². The van der Waals surface area contributed by atoms with Gasteiger partial charge in [-0.1, -0.05) is 6.58 Å². The Morgan fingerprint density at radius 3 is 3.20 bits per heavy atom. The number of thioether (sulfide) groups is 1. The van der Waals surface area contributed by atoms with Gasteiger partial charge >= 0.3 is 0 Å². The van der Waals surface area contributed by atoms with Crippen molar-refractivity contribution in [2.75, 3.05) is 18.1 Å². The summed E-state index contributed by atoms with van der Waals surface area (Å²) in [6.07, 6.45) is 4.34. The molecule has 2 saturated heterocycles. The molecule has 2 aliphatic rings. The average Bonchev–Trinajstić information content (AvgIpc) is 2.66. The SMILES string of the molecule is C=CC(=O)NC1CCOC2(CCSC2)C1. The molecular formula is C11H17NO2S. The summed E-state index contributed by atoms with van der Waals surface area (Å²) in [5.41, 5.74) is 0.0437. The van der Waals surface area contributed by atoms with Crippen LogP contribution in [-0.4, -0.2) is 35.7 Å². The summed E-state index contributed by atoms with van der Waals surface area (Å²) in [6.45, 7) is 4.23. The molecule has 3 nitrogen and oxygen atoms in total. The van der Waals surface area contributed by atoms with Gasteiger partial charge in [-0.15, -0.1) is 0 Å². The van der Waals surface area contributed by atoms with Crippen LogP contribution in [-0.2, 0) is 9.53 Å². The Morgan fingerprint density at radius 1 is 1.67 bits per heavy atom. The van der Waals surface area contributed by atoms with Crippen LogP contribution < -0.4 is 5.32 Å². The zero-order valence-corrected chi connectivity index (χ0v) is 9.65. The van der Waals surface area contributed by atoms with Crippen molar-refractivity contribution in [2.45, 2.75) is 30.9 Å². The lowest BCUT2D eigenvalue weighted by atomic mass is 9.90. The molecule has 1 amide bonds. The minimum Gasteiger partial charge on any atom is -0.374 e. The smallest absolute Gasteiger partial charge is 0.243 e. The Morgan fingerprint density at radius 2 is 2.53 bits per heavy atom. The molecule has 0 bridgehead atoms. The van der Waals surface area contributed by atoms with Gasteiger partial charge in [0, 0.05) is 18.4 Å². The molecule has 2 heterocycles. The van der Waals surface area contributed by atoms with Crippen molar-refractivity contribution in [3.63, 3.8) is 0 Å². The van der Waals surface area contributed by atoms with Crippen LogP contribution in [0.25, 0.3) is 0 Å². The van der Waals surface area contributed by atoms with E-state index in [1.54, 1.807) is 0 Å². The van der Waals surface area contributed by atoms with E-state index in [1.807, 2.05) is 11.8 Å². The van der Waals surface area contributed by atoms with Gasteiger partial charge in [0.15, 0.2) is 0 Å². The van der Waals surface area contributed by atoms with E-state index in [1.165, 1.54) is 11.8 Å². The molecular weight excluding hydrogens is 210 g/mol. The number of nitrogens with one attached hydrogen (secondary N) is 1. The first-order valence-corrected chi connectivity index (χ1v) is 6.54. The number of hydrogen-bond donors (Lipinski definition) is 1. The Labute approximate surface area is 94.6 Å². The molecule has 0 radical (unpaired) electrons. The molecule has 2 aliphatic heterocycles. The van der Waals surface area contributed by atoms with Gasteiger partial charge in [0.2, 0.25) is 5.91 Å². The van der Waals surface area contributed by atoms with E-state index in [0.29, 0.717) is 0 Å². The largest absolute Gasteiger partial charge is 0.374 e. The van der Waals surface area contributed by atoms with E-state index in [0.717, 1.165) is 31.6 Å². The predicted molar refractivity (Wildman–Crippen MR) is 62.0 cm³/mol. The third kappa shape index (κ3) is 2.55. The van der Waals surface area contributed by atoms with Crippen LogP contribution >= 0.6 is 11.8 Å². The molecule has 0 saturated carbocycles. The molecule has 2 unspecified atom stereocenters. The Hall–Kier alpha value is -0.480. The zero-order valence-electron chi connectivity index (χ0n) is 8.83. The molecule has 0 aromatic carbocycles. The van der Waals surface area contributed by atoms with Gasteiger partial charge in [0.1, 0.15) is 0 Å². The van der Waals surface area contributed by atoms with Crippen molar-refractivity contribution in [3.8, 4) is 0 Å². The molecule has 2 rings (SSSR count). The van der Waals surface area contributed by atoms with Gasteiger partial charge in [-0.05, 0) is 31.1 Å². The normalized spacial score (nSPS) is 35.3. The number of hydrogen-bond acceptors (Lipinski definition) is 3. The van der Waals surface area contributed by atoms with Crippen LogP contribution in [0.3, 0.4) is 0 Å². The first kappa shape index (κ1) is 11.0. The van der Waals surface area contributed by atoms with Crippen molar-refractivity contribution in [3.05, 3.63) is 12.7 Å². The minimum atomic E-state index is -0.0669. The standard InChI is InChI=1S/C11H17NO2S/c1-2-10(13)12-9-3-5-14-11(7-9)4-6-15-8-11/h2,9H,1,3-8H2,(H,12,13). The summed E-state index contributed by atoms with van der Waals surface area (Å²) in [5.74, 6) is 2.19. The number of rotatable bonds is 2. The van der Waals surface area contributed by atoms with Gasteiger partial charge in [0.25, 0.3) is 0 Å². The summed E-state index contributed by atoms with van der Waals surface area (Å²) in [6, 6.07) is 0.267. The first-order valence-electron chi connectivity index (χ1n) is 5.39. The Balaban J connectivity index is 1.92. The average molecular weight is 227 g/mol. The lowest BCUT2D eigenvalue weighted by Gasteiger charge is -2.37. The van der Waals surface area contributed by atoms with Gasteiger partial charge in [-0.3, -0.25) is 4.79 Å². The summed E-state index contributed by atoms with van der Waals surface area (Å²) in [5, 5.41) is 2.97. The molecule has 1 spiro atoms. The number of carbonyl (C=O) groups excluding carboxylic acids is 1. The second kappa shape index (κ2) is 4.58. The van der Waals surface area contributed by atoms with Gasteiger partial charge in [-0.25, -0.2) is 0 Å². The first-order chi connectivity index (χ1) is 7.24. The highest BCUT2D eigenvalue weighted by atomic mass is 32.2. The molecule has 0 aromatic heterocycles. The third-order valence-electron chi connectivity index (χ3n) is 3.09. The molecule has 4 heteroatoms. The third-order valence-corrected chi connectivity index (χ3v) is 4.31. The predicted octanol–water partition coefficient (Wildman–Crippen LogP) is 1.34. The topological polar surface area (TPSA) is 38.3 Å². The van der Waals surface area contributed by atoms with E-state index in [2.05, 4.69) is 11.9 Å². The van der Waals surface area contributed by atoms with Gasteiger partial charge in [-0.2, -0.15) is 11.8 Å². The maximum atomic E-state index is 11.2. The fourth-order valence-electron chi connectivity index (χ4n) is 2.27. The monoisotopic (exact) mass is 227 g/mol. The fraction of sp³-hybridized carbons (Fsp3) is 0.727. The number of ether oxygens (including phenoxy) is 1. The van der Waals surface area contributed by atoms with Crippen molar-refractivity contribution >= 4 is 17.7 Å². The van der Waals surface area contributed by atoms with E-state index >= 15 is 0 Å². The summed E-state index contributed by atoms with van der Waals surface area (Å²) >= 11 is 1.95. The van der Waals surface area contributed by atoms with Crippen LogP contribution in [0.2, 0.25) is 0 Å². The molecule has 84 valence electrons. The molecule has 15 heavy (non-hydrogen) atoms. The highest BCUT2D eigenvalue weighted by Gasteiger charge is 2.40. The molecule has 2 fully saturated rings. The van der Waals surface area contributed by atoms with Crippen LogP contribution in [0.5, 0.6) is 0 Å². The molecule has 1 N–H and O–H groups in total. The van der Waals surface area contributed by atoms with E-state index in [9.17, 15) is 4.79 Å². The highest BCUT2D eigenvalue weighted by Crippen LogP contribution is 2.38. The molecule has 2 atom stereocenters. The quantitative estimate of drug-likeness (QED) is 0.724. The van der Waals surface area contributed by atoms with Crippen molar-refractivity contribution in [2.24, 2.45) is 0 Å². The zero-order chi connectivity index (χ0) is 10.7. The van der Waals surface area contributed by atoms with E-state index in [-0.39, 0.29) is 17.6 Å². The molecule has 0 aromatic rings. The lowest BCUT2D eigenvalue weighted by Crippen LogP contribution is -2.48. The second-order valence-corrected chi connectivity index (χ2v) is 5.34. The highest BCUT2D eigenvalue weighted by molar-refractivity contribution is 7.99. The van der Waals surface area contributed by atoms with Crippen LogP contribution in [0.15, 0.2) is 12.7 Å². The number of carbonyl (C=O) groups is 1. The van der Waals surface area contributed by atoms with Gasteiger partial charge < -0.3 is 10.1 Å². The van der Waals surface area contributed by atoms with Crippen LogP contribution in [0, 0.1) is 0 Å². The Bertz CT molecular complexity index is 261.